The second kappa shape index (κ2) is 7.67. The van der Waals surface area contributed by atoms with Crippen LogP contribution >= 0.6 is 11.6 Å². The topological polar surface area (TPSA) is 103 Å². The number of halogens is 2. The SMILES string of the molecule is CC(C)(C)OC(=O)N(c1ccc(Cl)cc1[N+](=O)[O-])c1ncc(F)cc1C=O. The highest BCUT2D eigenvalue weighted by Gasteiger charge is 2.32. The lowest BCUT2D eigenvalue weighted by molar-refractivity contribution is -0.384. The summed E-state index contributed by atoms with van der Waals surface area (Å²) in [4.78, 5) is 39.3. The van der Waals surface area contributed by atoms with Crippen molar-refractivity contribution >= 4 is 41.2 Å². The minimum absolute atomic E-state index is 0.0669. The second-order valence-electron chi connectivity index (χ2n) is 6.39. The highest BCUT2D eigenvalue weighted by Crippen LogP contribution is 2.37. The first-order chi connectivity index (χ1) is 12.5. The zero-order chi connectivity index (χ0) is 20.4. The summed E-state index contributed by atoms with van der Waals surface area (Å²) in [5, 5.41) is 11.5. The molecule has 0 N–H and O–H groups in total. The Kier molecular flexibility index (Phi) is 5.75. The van der Waals surface area contributed by atoms with Gasteiger partial charge in [-0.05, 0) is 39.0 Å². The molecule has 2 rings (SSSR count). The fourth-order valence-corrected chi connectivity index (χ4v) is 2.33. The molecule has 0 fully saturated rings. The van der Waals surface area contributed by atoms with E-state index in [0.29, 0.717) is 0 Å². The van der Waals surface area contributed by atoms with E-state index in [1.54, 1.807) is 20.8 Å². The Balaban J connectivity index is 2.74. The first-order valence-corrected chi connectivity index (χ1v) is 7.99. The number of hydrogen-bond acceptors (Lipinski definition) is 6. The number of nitro groups is 1. The van der Waals surface area contributed by atoms with Gasteiger partial charge in [-0.15, -0.1) is 0 Å². The number of ether oxygens (including phenoxy) is 1. The molecule has 0 saturated heterocycles. The first kappa shape index (κ1) is 20.2. The second-order valence-corrected chi connectivity index (χ2v) is 6.83. The fraction of sp³-hybridized carbons (Fsp3) is 0.235. The van der Waals surface area contributed by atoms with Crippen LogP contribution in [-0.2, 0) is 4.74 Å². The molecule has 2 aromatic rings. The molecule has 8 nitrogen and oxygen atoms in total. The van der Waals surface area contributed by atoms with Crippen LogP contribution in [0.25, 0.3) is 0 Å². The minimum atomic E-state index is -1.03. The molecule has 1 aromatic heterocycles. The quantitative estimate of drug-likeness (QED) is 0.423. The van der Waals surface area contributed by atoms with Crippen LogP contribution in [0.3, 0.4) is 0 Å². The van der Waals surface area contributed by atoms with Crippen molar-refractivity contribution in [1.82, 2.24) is 4.98 Å². The molecular formula is C17H15ClFN3O5. The van der Waals surface area contributed by atoms with Crippen molar-refractivity contribution in [3.05, 3.63) is 57.0 Å². The van der Waals surface area contributed by atoms with Crippen molar-refractivity contribution in [2.45, 2.75) is 26.4 Å². The molecule has 0 spiro atoms. The van der Waals surface area contributed by atoms with Gasteiger partial charge in [0.15, 0.2) is 12.1 Å². The maximum atomic E-state index is 13.5. The van der Waals surface area contributed by atoms with Crippen LogP contribution in [0.5, 0.6) is 0 Å². The van der Waals surface area contributed by atoms with Gasteiger partial charge in [-0.3, -0.25) is 14.9 Å². The van der Waals surface area contributed by atoms with E-state index in [0.717, 1.165) is 23.2 Å². The molecule has 0 atom stereocenters. The summed E-state index contributed by atoms with van der Waals surface area (Å²) in [5.74, 6) is -1.12. The predicted molar refractivity (Wildman–Crippen MR) is 96.1 cm³/mol. The normalized spacial score (nSPS) is 11.0. The molecule has 0 aliphatic rings. The van der Waals surface area contributed by atoms with Crippen LogP contribution in [0.1, 0.15) is 31.1 Å². The average Bonchev–Trinajstić information content (AvgIpc) is 2.55. The summed E-state index contributed by atoms with van der Waals surface area (Å²) in [7, 11) is 0. The summed E-state index contributed by atoms with van der Waals surface area (Å²) < 4.78 is 18.7. The highest BCUT2D eigenvalue weighted by atomic mass is 35.5. The van der Waals surface area contributed by atoms with Gasteiger partial charge in [-0.25, -0.2) is 19.1 Å². The molecule has 0 aliphatic carbocycles. The van der Waals surface area contributed by atoms with Gasteiger partial charge in [0.1, 0.15) is 17.1 Å². The maximum Gasteiger partial charge on any atom is 0.420 e. The Labute approximate surface area is 158 Å². The molecule has 0 radical (unpaired) electrons. The van der Waals surface area contributed by atoms with E-state index in [2.05, 4.69) is 4.98 Å². The Morgan fingerprint density at radius 2 is 2.04 bits per heavy atom. The lowest BCUT2D eigenvalue weighted by Crippen LogP contribution is -2.35. The number of carbonyl (C=O) groups excluding carboxylic acids is 2. The number of nitrogens with zero attached hydrogens (tertiary/aromatic N) is 3. The molecule has 0 unspecified atom stereocenters. The Morgan fingerprint density at radius 1 is 1.37 bits per heavy atom. The van der Waals surface area contributed by atoms with Crippen molar-refractivity contribution < 1.29 is 23.6 Å². The molecular weight excluding hydrogens is 381 g/mol. The first-order valence-electron chi connectivity index (χ1n) is 7.61. The Hall–Kier alpha value is -3.07. The number of rotatable bonds is 4. The van der Waals surface area contributed by atoms with Crippen LogP contribution in [0.15, 0.2) is 30.5 Å². The van der Waals surface area contributed by atoms with Gasteiger partial charge in [0, 0.05) is 11.1 Å². The highest BCUT2D eigenvalue weighted by molar-refractivity contribution is 6.31. The van der Waals surface area contributed by atoms with Crippen LogP contribution in [0.4, 0.5) is 26.4 Å². The third-order valence-corrected chi connectivity index (χ3v) is 3.39. The smallest absolute Gasteiger partial charge is 0.420 e. The van der Waals surface area contributed by atoms with E-state index in [1.807, 2.05) is 0 Å². The summed E-state index contributed by atoms with van der Waals surface area (Å²) in [6, 6.07) is 4.43. The van der Waals surface area contributed by atoms with E-state index in [-0.39, 0.29) is 28.4 Å². The number of hydrogen-bond donors (Lipinski definition) is 0. The fourth-order valence-electron chi connectivity index (χ4n) is 2.16. The monoisotopic (exact) mass is 395 g/mol. The predicted octanol–water partition coefficient (Wildman–Crippen LogP) is 4.67. The van der Waals surface area contributed by atoms with Gasteiger partial charge in [0.25, 0.3) is 5.69 Å². The maximum absolute atomic E-state index is 13.5. The third-order valence-electron chi connectivity index (χ3n) is 3.15. The van der Waals surface area contributed by atoms with E-state index in [1.165, 1.54) is 12.1 Å². The standard InChI is InChI=1S/C17H15ClFN3O5/c1-17(2,3)27-16(24)21(15-10(9-23)6-12(19)8-20-15)13-5-4-11(18)7-14(13)22(25)26/h4-9H,1-3H3. The van der Waals surface area contributed by atoms with E-state index in [9.17, 15) is 24.1 Å². The molecule has 0 bridgehead atoms. The summed E-state index contributed by atoms with van der Waals surface area (Å²) in [5.41, 5.74) is -1.99. The number of pyridine rings is 1. The number of amides is 1. The van der Waals surface area contributed by atoms with Crippen LogP contribution in [0, 0.1) is 15.9 Å². The summed E-state index contributed by atoms with van der Waals surface area (Å²) in [6.45, 7) is 4.79. The number of anilines is 2. The molecule has 142 valence electrons. The van der Waals surface area contributed by atoms with Crippen molar-refractivity contribution in [2.24, 2.45) is 0 Å². The average molecular weight is 396 g/mol. The third kappa shape index (κ3) is 4.76. The lowest BCUT2D eigenvalue weighted by Gasteiger charge is -2.27. The number of aldehydes is 1. The van der Waals surface area contributed by atoms with Crippen LogP contribution in [0.2, 0.25) is 5.02 Å². The number of aromatic nitrogens is 1. The number of carbonyl (C=O) groups is 2. The molecule has 27 heavy (non-hydrogen) atoms. The molecule has 1 heterocycles. The van der Waals surface area contributed by atoms with Crippen molar-refractivity contribution in [1.29, 1.82) is 0 Å². The van der Waals surface area contributed by atoms with Gasteiger partial charge < -0.3 is 4.74 Å². The Morgan fingerprint density at radius 3 is 2.59 bits per heavy atom. The van der Waals surface area contributed by atoms with E-state index >= 15 is 0 Å². The molecule has 10 heteroatoms. The zero-order valence-electron chi connectivity index (χ0n) is 14.6. The van der Waals surface area contributed by atoms with Gasteiger partial charge in [-0.2, -0.15) is 0 Å². The molecule has 1 aromatic carbocycles. The van der Waals surface area contributed by atoms with Crippen LogP contribution < -0.4 is 4.90 Å². The van der Waals surface area contributed by atoms with Gasteiger partial charge in [0.2, 0.25) is 0 Å². The van der Waals surface area contributed by atoms with Gasteiger partial charge in [0.05, 0.1) is 16.7 Å². The van der Waals surface area contributed by atoms with Crippen molar-refractivity contribution in [3.63, 3.8) is 0 Å². The number of benzene rings is 1. The van der Waals surface area contributed by atoms with E-state index < -0.39 is 28.1 Å². The molecule has 0 saturated carbocycles. The van der Waals surface area contributed by atoms with E-state index in [4.69, 9.17) is 16.3 Å². The van der Waals surface area contributed by atoms with Gasteiger partial charge in [-0.1, -0.05) is 11.6 Å². The molecule has 1 amide bonds. The zero-order valence-corrected chi connectivity index (χ0v) is 15.4. The summed E-state index contributed by atoms with van der Waals surface area (Å²) in [6.07, 6.45) is 0.0292. The summed E-state index contributed by atoms with van der Waals surface area (Å²) >= 11 is 5.82. The minimum Gasteiger partial charge on any atom is -0.443 e. The largest absolute Gasteiger partial charge is 0.443 e. The lowest BCUT2D eigenvalue weighted by atomic mass is 10.2. The molecule has 0 aliphatic heterocycles. The van der Waals surface area contributed by atoms with Crippen molar-refractivity contribution in [2.75, 3.05) is 4.90 Å². The van der Waals surface area contributed by atoms with Crippen LogP contribution in [-0.4, -0.2) is 27.9 Å². The van der Waals surface area contributed by atoms with Gasteiger partial charge >= 0.3 is 6.09 Å². The number of nitro benzene ring substituents is 1. The van der Waals surface area contributed by atoms with Crippen molar-refractivity contribution in [3.8, 4) is 0 Å². The Bertz CT molecular complexity index is 914.